The Morgan fingerprint density at radius 2 is 1.94 bits per heavy atom. The molecule has 0 aliphatic carbocycles. The maximum Gasteiger partial charge on any atom is 0.334 e. The molecule has 1 saturated heterocycles. The Kier molecular flexibility index (Phi) is 4.87. The van der Waals surface area contributed by atoms with Crippen molar-refractivity contribution in [2.45, 2.75) is 45.2 Å². The summed E-state index contributed by atoms with van der Waals surface area (Å²) in [5.41, 5.74) is 2.04. The molecule has 2 unspecified atom stereocenters. The maximum atomic E-state index is 13.3. The van der Waals surface area contributed by atoms with E-state index in [2.05, 4.69) is 36.7 Å². The van der Waals surface area contributed by atoms with Crippen molar-refractivity contribution in [1.29, 1.82) is 0 Å². The number of benzene rings is 1. The van der Waals surface area contributed by atoms with Gasteiger partial charge in [0.2, 0.25) is 5.91 Å². The first-order chi connectivity index (χ1) is 15.3. The molecule has 2 bridgehead atoms. The smallest absolute Gasteiger partial charge is 0.334 e. The van der Waals surface area contributed by atoms with Crippen LogP contribution in [0.3, 0.4) is 0 Å². The minimum atomic E-state index is -0.622. The molecule has 1 aromatic carbocycles. The normalized spacial score (nSPS) is 19.9. The van der Waals surface area contributed by atoms with Crippen LogP contribution in [-0.4, -0.2) is 38.0 Å². The van der Waals surface area contributed by atoms with E-state index in [1.54, 1.807) is 10.6 Å². The molecule has 2 aliphatic heterocycles. The lowest BCUT2D eigenvalue weighted by Crippen LogP contribution is -2.49. The molecular weight excluding hydrogens is 408 g/mol. The van der Waals surface area contributed by atoms with Crippen molar-refractivity contribution in [2.75, 3.05) is 13.1 Å². The summed E-state index contributed by atoms with van der Waals surface area (Å²) in [5, 5.41) is 12.3. The second kappa shape index (κ2) is 7.62. The number of hydrogen-bond acceptors (Lipinski definition) is 4. The predicted octanol–water partition coefficient (Wildman–Crippen LogP) is 3.48. The lowest BCUT2D eigenvalue weighted by molar-refractivity contribution is -0.386. The molecule has 0 saturated carbocycles. The van der Waals surface area contributed by atoms with Gasteiger partial charge in [-0.3, -0.25) is 19.7 Å². The molecule has 8 nitrogen and oxygen atoms in total. The van der Waals surface area contributed by atoms with Gasteiger partial charge in [-0.2, -0.15) is 0 Å². The number of piperidine rings is 1. The summed E-state index contributed by atoms with van der Waals surface area (Å²) in [6, 6.07) is 11.5. The molecule has 5 rings (SSSR count). The van der Waals surface area contributed by atoms with E-state index < -0.39 is 10.5 Å². The van der Waals surface area contributed by atoms with Crippen molar-refractivity contribution >= 4 is 22.5 Å². The van der Waals surface area contributed by atoms with Gasteiger partial charge in [-0.25, -0.2) is 0 Å². The van der Waals surface area contributed by atoms with Gasteiger partial charge in [0, 0.05) is 60.5 Å². The summed E-state index contributed by atoms with van der Waals surface area (Å²) in [6.45, 7) is 5.80. The van der Waals surface area contributed by atoms with Gasteiger partial charge in [-0.05, 0) is 43.9 Å². The maximum absolute atomic E-state index is 13.3. The SMILES string of the molecule is CC(C)n1cc(CC(=O)N2CC3CC(C2)c2ccc([N+](=O)[O-])c(=O)n2C3)c2ccccc21. The quantitative estimate of drug-likeness (QED) is 0.464. The molecule has 0 radical (unpaired) electrons. The van der Waals surface area contributed by atoms with Crippen LogP contribution in [0.4, 0.5) is 5.69 Å². The van der Waals surface area contributed by atoms with Gasteiger partial charge in [0.15, 0.2) is 0 Å². The third-order valence-corrected chi connectivity index (χ3v) is 6.85. The molecule has 166 valence electrons. The van der Waals surface area contributed by atoms with Gasteiger partial charge in [0.1, 0.15) is 0 Å². The molecule has 2 aliphatic rings. The fourth-order valence-corrected chi connectivity index (χ4v) is 5.40. The molecule has 32 heavy (non-hydrogen) atoms. The minimum absolute atomic E-state index is 0.0250. The Morgan fingerprint density at radius 3 is 2.69 bits per heavy atom. The van der Waals surface area contributed by atoms with Gasteiger partial charge in [0.05, 0.1) is 11.3 Å². The van der Waals surface area contributed by atoms with Gasteiger partial charge in [-0.15, -0.1) is 0 Å². The third-order valence-electron chi connectivity index (χ3n) is 6.85. The second-order valence-electron chi connectivity index (χ2n) is 9.26. The number of carbonyl (C=O) groups excluding carboxylic acids is 1. The molecule has 1 fully saturated rings. The number of nitrogens with zero attached hydrogens (tertiary/aromatic N) is 4. The van der Waals surface area contributed by atoms with Gasteiger partial charge < -0.3 is 14.0 Å². The number of rotatable bonds is 4. The summed E-state index contributed by atoms with van der Waals surface area (Å²) in [5.74, 6) is 0.239. The van der Waals surface area contributed by atoms with E-state index in [4.69, 9.17) is 0 Å². The van der Waals surface area contributed by atoms with E-state index in [9.17, 15) is 19.7 Å². The zero-order valence-electron chi connectivity index (χ0n) is 18.2. The van der Waals surface area contributed by atoms with Crippen LogP contribution in [0.1, 0.15) is 43.5 Å². The highest BCUT2D eigenvalue weighted by molar-refractivity contribution is 5.89. The number of nitro groups is 1. The van der Waals surface area contributed by atoms with E-state index in [-0.39, 0.29) is 23.4 Å². The van der Waals surface area contributed by atoms with Gasteiger partial charge >= 0.3 is 11.2 Å². The second-order valence-corrected chi connectivity index (χ2v) is 9.26. The van der Waals surface area contributed by atoms with Crippen molar-refractivity contribution in [3.05, 3.63) is 74.3 Å². The highest BCUT2D eigenvalue weighted by atomic mass is 16.6. The zero-order valence-corrected chi connectivity index (χ0v) is 18.2. The minimum Gasteiger partial charge on any atom is -0.345 e. The molecule has 0 spiro atoms. The standard InChI is InChI=1S/C24H26N4O4/c1-15(2)26-14-17(19-5-3-4-6-21(19)26)10-23(29)25-11-16-9-18(13-25)20-7-8-22(28(31)32)24(30)27(20)12-16/h3-8,14-16,18H,9-13H2,1-2H3. The number of amides is 1. The van der Waals surface area contributed by atoms with Crippen molar-refractivity contribution in [3.63, 3.8) is 0 Å². The van der Waals surface area contributed by atoms with Gasteiger partial charge in [0.25, 0.3) is 0 Å². The first-order valence-corrected chi connectivity index (χ1v) is 11.1. The van der Waals surface area contributed by atoms with E-state index in [0.717, 1.165) is 28.6 Å². The highest BCUT2D eigenvalue weighted by Crippen LogP contribution is 2.36. The molecular formula is C24H26N4O4. The number of likely N-dealkylation sites (tertiary alicyclic amines) is 1. The summed E-state index contributed by atoms with van der Waals surface area (Å²) in [4.78, 5) is 38.3. The lowest BCUT2D eigenvalue weighted by Gasteiger charge is -2.42. The molecule has 1 amide bonds. The Bertz CT molecular complexity index is 1290. The molecule has 0 N–H and O–H groups in total. The van der Waals surface area contributed by atoms with E-state index >= 15 is 0 Å². The van der Waals surface area contributed by atoms with Crippen molar-refractivity contribution in [2.24, 2.45) is 5.92 Å². The fourth-order valence-electron chi connectivity index (χ4n) is 5.40. The zero-order chi connectivity index (χ0) is 22.6. The van der Waals surface area contributed by atoms with Crippen molar-refractivity contribution in [1.82, 2.24) is 14.0 Å². The molecule has 4 heterocycles. The average molecular weight is 434 g/mol. The monoisotopic (exact) mass is 434 g/mol. The molecule has 3 aromatic rings. The Balaban J connectivity index is 1.40. The lowest BCUT2D eigenvalue weighted by atomic mass is 9.83. The average Bonchev–Trinajstić information content (AvgIpc) is 3.13. The van der Waals surface area contributed by atoms with Crippen LogP contribution in [0, 0.1) is 16.0 Å². The highest BCUT2D eigenvalue weighted by Gasteiger charge is 2.37. The van der Waals surface area contributed by atoms with Crippen molar-refractivity contribution < 1.29 is 9.72 Å². The van der Waals surface area contributed by atoms with Crippen LogP contribution in [-0.2, 0) is 17.8 Å². The van der Waals surface area contributed by atoms with Gasteiger partial charge in [-0.1, -0.05) is 18.2 Å². The Labute approximate surface area is 185 Å². The van der Waals surface area contributed by atoms with Crippen molar-refractivity contribution in [3.8, 4) is 0 Å². The summed E-state index contributed by atoms with van der Waals surface area (Å²) < 4.78 is 3.76. The van der Waals surface area contributed by atoms with Crippen LogP contribution in [0.15, 0.2) is 47.4 Å². The number of carbonyl (C=O) groups is 1. The summed E-state index contributed by atoms with van der Waals surface area (Å²) in [7, 11) is 0. The van der Waals surface area contributed by atoms with Crippen LogP contribution in [0.5, 0.6) is 0 Å². The fraction of sp³-hybridized carbons (Fsp3) is 0.417. The van der Waals surface area contributed by atoms with Crippen LogP contribution >= 0.6 is 0 Å². The number of fused-ring (bicyclic) bond motifs is 5. The summed E-state index contributed by atoms with van der Waals surface area (Å²) >= 11 is 0. The molecule has 8 heteroatoms. The first kappa shape index (κ1) is 20.5. The first-order valence-electron chi connectivity index (χ1n) is 11.1. The van der Waals surface area contributed by atoms with Crippen LogP contribution < -0.4 is 5.56 Å². The number of pyridine rings is 1. The molecule has 2 aromatic heterocycles. The summed E-state index contributed by atoms with van der Waals surface area (Å²) in [6.07, 6.45) is 3.33. The Morgan fingerprint density at radius 1 is 1.16 bits per heavy atom. The van der Waals surface area contributed by atoms with E-state index in [1.807, 2.05) is 17.0 Å². The largest absolute Gasteiger partial charge is 0.345 e. The third kappa shape index (κ3) is 3.30. The van der Waals surface area contributed by atoms with E-state index in [1.165, 1.54) is 6.07 Å². The number of hydrogen-bond donors (Lipinski definition) is 0. The van der Waals surface area contributed by atoms with Crippen LogP contribution in [0.25, 0.3) is 10.9 Å². The van der Waals surface area contributed by atoms with Crippen LogP contribution in [0.2, 0.25) is 0 Å². The Hall–Kier alpha value is -3.42. The van der Waals surface area contributed by atoms with E-state index in [0.29, 0.717) is 32.1 Å². The number of aromatic nitrogens is 2. The topological polar surface area (TPSA) is 90.4 Å². The molecule has 2 atom stereocenters. The predicted molar refractivity (Wildman–Crippen MR) is 121 cm³/mol. The number of para-hydroxylation sites is 1.